The highest BCUT2D eigenvalue weighted by Crippen LogP contribution is 2.66. The van der Waals surface area contributed by atoms with Crippen LogP contribution < -0.4 is 0 Å². The largest absolute Gasteiger partial charge is 0.443 e. The average molecular weight is 460 g/mol. The SMILES string of the molecule is C=CC[C@@H]1[C@H]2C3c4ccccc4C([C@@H](C)OC)(c4ccccc43)[C@H]2C(=O)N1C(=O)OC(C)(C)C. The van der Waals surface area contributed by atoms with Crippen molar-refractivity contribution in [1.29, 1.82) is 0 Å². The van der Waals surface area contributed by atoms with Gasteiger partial charge in [0.05, 0.1) is 23.5 Å². The van der Waals surface area contributed by atoms with Crippen molar-refractivity contribution in [3.63, 3.8) is 0 Å². The molecule has 1 heterocycles. The van der Waals surface area contributed by atoms with Crippen molar-refractivity contribution < 1.29 is 19.1 Å². The van der Waals surface area contributed by atoms with Gasteiger partial charge in [0.1, 0.15) is 5.60 Å². The highest BCUT2D eigenvalue weighted by molar-refractivity contribution is 5.99. The van der Waals surface area contributed by atoms with Gasteiger partial charge in [0, 0.05) is 18.9 Å². The zero-order valence-corrected chi connectivity index (χ0v) is 20.6. The number of imide groups is 1. The number of likely N-dealkylation sites (tertiary alicyclic amines) is 1. The third-order valence-electron chi connectivity index (χ3n) is 8.02. The molecule has 6 rings (SSSR count). The molecule has 4 atom stereocenters. The van der Waals surface area contributed by atoms with Crippen LogP contribution in [0.25, 0.3) is 0 Å². The van der Waals surface area contributed by atoms with Crippen LogP contribution in [0.4, 0.5) is 4.79 Å². The van der Waals surface area contributed by atoms with Crippen molar-refractivity contribution in [2.24, 2.45) is 11.8 Å². The lowest BCUT2D eigenvalue weighted by atomic mass is 9.45. The first-order chi connectivity index (χ1) is 16.2. The first-order valence-electron chi connectivity index (χ1n) is 12.1. The van der Waals surface area contributed by atoms with Crippen LogP contribution in [0, 0.1) is 11.8 Å². The second-order valence-corrected chi connectivity index (χ2v) is 10.7. The summed E-state index contributed by atoms with van der Waals surface area (Å²) in [4.78, 5) is 29.2. The number of rotatable bonds is 4. The molecule has 0 radical (unpaired) electrons. The van der Waals surface area contributed by atoms with E-state index >= 15 is 0 Å². The number of carbonyl (C=O) groups is 2. The highest BCUT2D eigenvalue weighted by Gasteiger charge is 2.70. The van der Waals surface area contributed by atoms with Gasteiger partial charge in [-0.3, -0.25) is 4.79 Å². The lowest BCUT2D eigenvalue weighted by molar-refractivity contribution is -0.135. The van der Waals surface area contributed by atoms with Crippen molar-refractivity contribution in [2.45, 2.75) is 63.2 Å². The first-order valence-corrected chi connectivity index (χ1v) is 12.1. The van der Waals surface area contributed by atoms with Gasteiger partial charge < -0.3 is 9.47 Å². The lowest BCUT2D eigenvalue weighted by Gasteiger charge is -2.57. The van der Waals surface area contributed by atoms with E-state index in [1.165, 1.54) is 16.0 Å². The van der Waals surface area contributed by atoms with E-state index in [1.54, 1.807) is 7.11 Å². The zero-order valence-electron chi connectivity index (χ0n) is 20.6. The summed E-state index contributed by atoms with van der Waals surface area (Å²) in [6, 6.07) is 16.5. The van der Waals surface area contributed by atoms with Crippen molar-refractivity contribution in [1.82, 2.24) is 4.90 Å². The van der Waals surface area contributed by atoms with Gasteiger partial charge in [-0.15, -0.1) is 6.58 Å². The zero-order chi connectivity index (χ0) is 24.4. The van der Waals surface area contributed by atoms with Crippen LogP contribution in [0.2, 0.25) is 0 Å². The van der Waals surface area contributed by atoms with E-state index in [4.69, 9.17) is 9.47 Å². The summed E-state index contributed by atoms with van der Waals surface area (Å²) in [5, 5.41) is 0. The van der Waals surface area contributed by atoms with Gasteiger partial charge in [0.15, 0.2) is 0 Å². The van der Waals surface area contributed by atoms with Crippen LogP contribution in [-0.4, -0.2) is 41.8 Å². The van der Waals surface area contributed by atoms with Crippen LogP contribution in [-0.2, 0) is 19.7 Å². The maximum Gasteiger partial charge on any atom is 0.417 e. The predicted octanol–water partition coefficient (Wildman–Crippen LogP) is 5.42. The number of nitrogens with zero attached hydrogens (tertiary/aromatic N) is 1. The van der Waals surface area contributed by atoms with Crippen LogP contribution in [0.3, 0.4) is 0 Å². The van der Waals surface area contributed by atoms with Gasteiger partial charge in [-0.1, -0.05) is 54.6 Å². The number of hydrogen-bond donors (Lipinski definition) is 0. The molecule has 2 amide bonds. The standard InChI is InChI=1S/C29H33NO4/c1-7-12-22-24-23-18-13-8-10-15-20(18)29(17(2)33-6,21-16-11-9-14-19(21)23)25(24)26(31)30(22)27(32)34-28(3,4)5/h7-11,13-17,22-25H,1,12H2,2-6H3/t17-,22-,23?,24+,25-,29?/m1/s1. The summed E-state index contributed by atoms with van der Waals surface area (Å²) < 4.78 is 11.8. The number of amides is 2. The molecule has 0 saturated carbocycles. The van der Waals surface area contributed by atoms with Crippen LogP contribution >= 0.6 is 0 Å². The first kappa shape index (κ1) is 22.9. The van der Waals surface area contributed by atoms with E-state index in [-0.39, 0.29) is 29.9 Å². The van der Waals surface area contributed by atoms with Crippen LogP contribution in [0.5, 0.6) is 0 Å². The number of carbonyl (C=O) groups excluding carboxylic acids is 2. The number of hydrogen-bond acceptors (Lipinski definition) is 4. The highest BCUT2D eigenvalue weighted by atomic mass is 16.6. The summed E-state index contributed by atoms with van der Waals surface area (Å²) in [5.74, 6) is -0.705. The monoisotopic (exact) mass is 459 g/mol. The van der Waals surface area contributed by atoms with Gasteiger partial charge in [-0.05, 0) is 56.4 Å². The van der Waals surface area contributed by atoms with Crippen LogP contribution in [0.15, 0.2) is 61.2 Å². The Morgan fingerprint density at radius 1 is 1.12 bits per heavy atom. The molecule has 3 aliphatic carbocycles. The molecule has 5 nitrogen and oxygen atoms in total. The fourth-order valence-corrected chi connectivity index (χ4v) is 6.98. The number of methoxy groups -OCH3 is 1. The summed E-state index contributed by atoms with van der Waals surface area (Å²) in [6.07, 6.45) is 1.47. The minimum atomic E-state index is -0.702. The molecule has 1 saturated heterocycles. The Kier molecular flexibility index (Phi) is 5.25. The van der Waals surface area contributed by atoms with Gasteiger partial charge in [-0.2, -0.15) is 0 Å². The topological polar surface area (TPSA) is 55.8 Å². The average Bonchev–Trinajstić information content (AvgIpc) is 3.10. The fraction of sp³-hybridized carbons (Fsp3) is 0.448. The predicted molar refractivity (Wildman–Crippen MR) is 131 cm³/mol. The maximum atomic E-state index is 14.3. The third-order valence-corrected chi connectivity index (χ3v) is 8.02. The number of benzene rings is 2. The maximum absolute atomic E-state index is 14.3. The molecular weight excluding hydrogens is 426 g/mol. The summed E-state index contributed by atoms with van der Waals surface area (Å²) in [7, 11) is 1.70. The molecule has 2 aromatic rings. The summed E-state index contributed by atoms with van der Waals surface area (Å²) >= 11 is 0. The van der Waals surface area contributed by atoms with Crippen LogP contribution in [0.1, 0.15) is 62.3 Å². The molecule has 1 fully saturated rings. The molecule has 0 unspecified atom stereocenters. The lowest BCUT2D eigenvalue weighted by Crippen LogP contribution is -2.59. The minimum absolute atomic E-state index is 0.00432. The van der Waals surface area contributed by atoms with Gasteiger partial charge in [0.2, 0.25) is 5.91 Å². The molecule has 0 spiro atoms. The quantitative estimate of drug-likeness (QED) is 0.573. The second kappa shape index (κ2) is 7.81. The molecule has 4 aliphatic rings. The molecule has 0 aromatic heterocycles. The number of ether oxygens (including phenoxy) is 2. The van der Waals surface area contributed by atoms with E-state index in [0.717, 1.165) is 11.1 Å². The molecular formula is C29H33NO4. The van der Waals surface area contributed by atoms with Gasteiger partial charge >= 0.3 is 6.09 Å². The van der Waals surface area contributed by atoms with E-state index in [2.05, 4.69) is 43.0 Å². The second-order valence-electron chi connectivity index (χ2n) is 10.7. The summed E-state index contributed by atoms with van der Waals surface area (Å²) in [5.41, 5.74) is 3.30. The summed E-state index contributed by atoms with van der Waals surface area (Å²) in [6.45, 7) is 11.5. The molecule has 1 aliphatic heterocycles. The normalized spacial score (nSPS) is 29.8. The Balaban J connectivity index is 1.80. The van der Waals surface area contributed by atoms with Crippen molar-refractivity contribution in [3.05, 3.63) is 83.4 Å². The van der Waals surface area contributed by atoms with Crippen molar-refractivity contribution in [3.8, 4) is 0 Å². The molecule has 5 heteroatoms. The van der Waals surface area contributed by atoms with Gasteiger partial charge in [0.25, 0.3) is 0 Å². The Morgan fingerprint density at radius 2 is 1.68 bits per heavy atom. The molecule has 2 aromatic carbocycles. The fourth-order valence-electron chi connectivity index (χ4n) is 6.98. The Labute approximate surface area is 201 Å². The minimum Gasteiger partial charge on any atom is -0.443 e. The Bertz CT molecular complexity index is 1120. The Hall–Kier alpha value is -2.92. The van der Waals surface area contributed by atoms with Crippen molar-refractivity contribution >= 4 is 12.0 Å². The van der Waals surface area contributed by atoms with Crippen molar-refractivity contribution in [2.75, 3.05) is 7.11 Å². The molecule has 178 valence electrons. The van der Waals surface area contributed by atoms with Gasteiger partial charge in [-0.25, -0.2) is 9.69 Å². The smallest absolute Gasteiger partial charge is 0.417 e. The third kappa shape index (κ3) is 2.89. The Morgan fingerprint density at radius 3 is 2.18 bits per heavy atom. The molecule has 2 bridgehead atoms. The van der Waals surface area contributed by atoms with E-state index in [1.807, 2.05) is 45.9 Å². The van der Waals surface area contributed by atoms with E-state index in [9.17, 15) is 9.59 Å². The molecule has 0 N–H and O–H groups in total. The van der Waals surface area contributed by atoms with E-state index < -0.39 is 23.0 Å². The van der Waals surface area contributed by atoms with E-state index in [0.29, 0.717) is 6.42 Å². The molecule has 34 heavy (non-hydrogen) atoms.